The Kier molecular flexibility index (Phi) is 12.0. The lowest BCUT2D eigenvalue weighted by atomic mass is 10.0. The van der Waals surface area contributed by atoms with Gasteiger partial charge in [-0.15, -0.1) is 7.92 Å². The highest BCUT2D eigenvalue weighted by atomic mass is 31.1. The second kappa shape index (κ2) is 12.9. The summed E-state index contributed by atoms with van der Waals surface area (Å²) in [5.74, 6) is 0. The molecular weight excluding hydrogens is 271 g/mol. The SMILES string of the molecule is CCCCCCC1CCC(CCCCCC)P1CCCC. The Morgan fingerprint density at radius 2 is 1.10 bits per heavy atom. The van der Waals surface area contributed by atoms with E-state index in [4.69, 9.17) is 0 Å². The van der Waals surface area contributed by atoms with Crippen molar-refractivity contribution in [2.24, 2.45) is 0 Å². The van der Waals surface area contributed by atoms with Gasteiger partial charge in [0.1, 0.15) is 0 Å². The van der Waals surface area contributed by atoms with Crippen molar-refractivity contribution in [2.75, 3.05) is 6.16 Å². The molecule has 2 atom stereocenters. The minimum absolute atomic E-state index is 0.380. The average molecular weight is 313 g/mol. The minimum atomic E-state index is 0.380. The molecule has 1 fully saturated rings. The van der Waals surface area contributed by atoms with E-state index in [2.05, 4.69) is 20.8 Å². The fourth-order valence-corrected chi connectivity index (χ4v) is 7.95. The number of rotatable bonds is 13. The molecule has 0 aromatic heterocycles. The van der Waals surface area contributed by atoms with Crippen molar-refractivity contribution >= 4 is 7.92 Å². The van der Waals surface area contributed by atoms with Gasteiger partial charge in [-0.25, -0.2) is 0 Å². The number of hydrogen-bond donors (Lipinski definition) is 0. The van der Waals surface area contributed by atoms with Crippen LogP contribution in [0.4, 0.5) is 0 Å². The van der Waals surface area contributed by atoms with E-state index in [-0.39, 0.29) is 0 Å². The highest BCUT2D eigenvalue weighted by Crippen LogP contribution is 2.59. The van der Waals surface area contributed by atoms with Crippen molar-refractivity contribution in [1.29, 1.82) is 0 Å². The Hall–Kier alpha value is 0.430. The van der Waals surface area contributed by atoms with Gasteiger partial charge in [-0.05, 0) is 49.6 Å². The van der Waals surface area contributed by atoms with Crippen LogP contribution in [0, 0.1) is 0 Å². The van der Waals surface area contributed by atoms with Crippen LogP contribution in [0.3, 0.4) is 0 Å². The third-order valence-corrected chi connectivity index (χ3v) is 9.06. The molecule has 0 saturated carbocycles. The maximum absolute atomic E-state index is 2.37. The van der Waals surface area contributed by atoms with Crippen molar-refractivity contribution in [2.45, 2.75) is 122 Å². The smallest absolute Gasteiger partial charge is 0.0206 e. The largest absolute Gasteiger partial charge is 0.100 e. The lowest BCUT2D eigenvalue weighted by Crippen LogP contribution is -2.07. The Morgan fingerprint density at radius 1 is 0.619 bits per heavy atom. The minimum Gasteiger partial charge on any atom is -0.100 e. The van der Waals surface area contributed by atoms with Crippen molar-refractivity contribution in [3.05, 3.63) is 0 Å². The van der Waals surface area contributed by atoms with Gasteiger partial charge in [0.15, 0.2) is 0 Å². The van der Waals surface area contributed by atoms with E-state index in [9.17, 15) is 0 Å². The van der Waals surface area contributed by atoms with Gasteiger partial charge in [-0.3, -0.25) is 0 Å². The lowest BCUT2D eigenvalue weighted by Gasteiger charge is -2.26. The normalized spacial score (nSPS) is 25.6. The fourth-order valence-electron chi connectivity index (χ4n) is 3.95. The zero-order valence-electron chi connectivity index (χ0n) is 15.2. The Morgan fingerprint density at radius 3 is 1.52 bits per heavy atom. The molecule has 0 aliphatic carbocycles. The first-order chi connectivity index (χ1) is 10.3. The second-order valence-electron chi connectivity index (χ2n) is 7.18. The van der Waals surface area contributed by atoms with Crippen molar-refractivity contribution in [3.8, 4) is 0 Å². The van der Waals surface area contributed by atoms with Crippen LogP contribution in [0.1, 0.15) is 111 Å². The molecule has 1 rings (SSSR count). The third kappa shape index (κ3) is 8.01. The van der Waals surface area contributed by atoms with Crippen LogP contribution in [0.25, 0.3) is 0 Å². The molecule has 0 aromatic rings. The van der Waals surface area contributed by atoms with Gasteiger partial charge in [0.2, 0.25) is 0 Å². The van der Waals surface area contributed by atoms with E-state index in [1.54, 1.807) is 31.8 Å². The molecule has 1 saturated heterocycles. The molecule has 1 aliphatic rings. The maximum Gasteiger partial charge on any atom is -0.0206 e. The standard InChI is InChI=1S/C20H41P/c1-4-7-10-12-14-19-16-17-20(15-13-11-8-5-2)21(19)18-9-6-3/h19-20H,4-18H2,1-3H3. The molecule has 0 bridgehead atoms. The molecular formula is C20H41P. The van der Waals surface area contributed by atoms with E-state index in [0.717, 1.165) is 11.3 Å². The number of hydrogen-bond acceptors (Lipinski definition) is 0. The molecule has 21 heavy (non-hydrogen) atoms. The number of unbranched alkanes of at least 4 members (excludes halogenated alkanes) is 7. The monoisotopic (exact) mass is 312 g/mol. The summed E-state index contributed by atoms with van der Waals surface area (Å²) in [5, 5.41) is 0. The zero-order chi connectivity index (χ0) is 15.3. The van der Waals surface area contributed by atoms with E-state index in [0.29, 0.717) is 7.92 Å². The van der Waals surface area contributed by atoms with E-state index < -0.39 is 0 Å². The van der Waals surface area contributed by atoms with Crippen LogP contribution in [0.2, 0.25) is 0 Å². The van der Waals surface area contributed by atoms with E-state index >= 15 is 0 Å². The molecule has 1 aliphatic heterocycles. The zero-order valence-corrected chi connectivity index (χ0v) is 16.1. The van der Waals surface area contributed by atoms with Crippen molar-refractivity contribution in [3.63, 3.8) is 0 Å². The van der Waals surface area contributed by atoms with Gasteiger partial charge >= 0.3 is 0 Å². The highest BCUT2D eigenvalue weighted by molar-refractivity contribution is 7.59. The molecule has 0 aromatic carbocycles. The molecule has 0 nitrogen and oxygen atoms in total. The first-order valence-electron chi connectivity index (χ1n) is 10.1. The van der Waals surface area contributed by atoms with Crippen LogP contribution < -0.4 is 0 Å². The molecule has 0 amide bonds. The highest BCUT2D eigenvalue weighted by Gasteiger charge is 2.33. The molecule has 0 N–H and O–H groups in total. The van der Waals surface area contributed by atoms with Gasteiger partial charge in [0, 0.05) is 0 Å². The van der Waals surface area contributed by atoms with Crippen LogP contribution in [0.5, 0.6) is 0 Å². The van der Waals surface area contributed by atoms with Crippen LogP contribution >= 0.6 is 7.92 Å². The first kappa shape index (κ1) is 19.5. The maximum atomic E-state index is 2.37. The van der Waals surface area contributed by atoms with Gasteiger partial charge in [-0.1, -0.05) is 78.6 Å². The third-order valence-electron chi connectivity index (χ3n) is 5.32. The Balaban J connectivity index is 2.32. The van der Waals surface area contributed by atoms with Gasteiger partial charge in [0.05, 0.1) is 0 Å². The predicted molar refractivity (Wildman–Crippen MR) is 101 cm³/mol. The summed E-state index contributed by atoms with van der Waals surface area (Å²) in [7, 11) is 0.380. The summed E-state index contributed by atoms with van der Waals surface area (Å²) in [6.07, 6.45) is 22.5. The quantitative estimate of drug-likeness (QED) is 0.241. The summed E-state index contributed by atoms with van der Waals surface area (Å²) >= 11 is 0. The molecule has 2 unspecified atom stereocenters. The predicted octanol–water partition coefficient (Wildman–Crippen LogP) is 7.74. The molecule has 126 valence electrons. The summed E-state index contributed by atoms with van der Waals surface area (Å²) in [5.41, 5.74) is 2.30. The van der Waals surface area contributed by atoms with Crippen LogP contribution in [-0.4, -0.2) is 17.5 Å². The van der Waals surface area contributed by atoms with E-state index in [1.807, 2.05) is 0 Å². The summed E-state index contributed by atoms with van der Waals surface area (Å²) in [4.78, 5) is 0. The molecule has 1 heteroatoms. The molecule has 1 heterocycles. The van der Waals surface area contributed by atoms with Crippen LogP contribution in [-0.2, 0) is 0 Å². The van der Waals surface area contributed by atoms with Crippen molar-refractivity contribution in [1.82, 2.24) is 0 Å². The van der Waals surface area contributed by atoms with Gasteiger partial charge < -0.3 is 0 Å². The lowest BCUT2D eigenvalue weighted by molar-refractivity contribution is 0.580. The Labute approximate surface area is 136 Å². The summed E-state index contributed by atoms with van der Waals surface area (Å²) in [6.45, 7) is 7.03. The fraction of sp³-hybridized carbons (Fsp3) is 1.00. The van der Waals surface area contributed by atoms with Crippen LogP contribution in [0.15, 0.2) is 0 Å². The van der Waals surface area contributed by atoms with Gasteiger partial charge in [-0.2, -0.15) is 0 Å². The Bertz CT molecular complexity index is 206. The topological polar surface area (TPSA) is 0 Å². The second-order valence-corrected chi connectivity index (χ2v) is 10.1. The first-order valence-corrected chi connectivity index (χ1v) is 11.8. The average Bonchev–Trinajstić information content (AvgIpc) is 2.88. The van der Waals surface area contributed by atoms with E-state index in [1.165, 1.54) is 64.2 Å². The summed E-state index contributed by atoms with van der Waals surface area (Å²) in [6, 6.07) is 0. The molecule has 0 radical (unpaired) electrons. The van der Waals surface area contributed by atoms with Gasteiger partial charge in [0.25, 0.3) is 0 Å². The van der Waals surface area contributed by atoms with Crippen molar-refractivity contribution < 1.29 is 0 Å². The summed E-state index contributed by atoms with van der Waals surface area (Å²) < 4.78 is 0. The molecule has 0 spiro atoms.